The van der Waals surface area contributed by atoms with Gasteiger partial charge in [-0.25, -0.2) is 0 Å². The molecule has 0 saturated carbocycles. The minimum atomic E-state index is 0.897. The Hall–Kier alpha value is -0.0800. The lowest BCUT2D eigenvalue weighted by Crippen LogP contribution is -2.46. The van der Waals surface area contributed by atoms with Crippen LogP contribution in [-0.4, -0.2) is 37.1 Å². The summed E-state index contributed by atoms with van der Waals surface area (Å²) in [5.41, 5.74) is 0. The fourth-order valence-corrected chi connectivity index (χ4v) is 2.57. The minimum absolute atomic E-state index is 0.897. The Morgan fingerprint density at radius 2 is 1.29 bits per heavy atom. The number of likely N-dealkylation sites (tertiary alicyclic amines) is 1. The zero-order valence-electron chi connectivity index (χ0n) is 12.8. The second-order valence-corrected chi connectivity index (χ2v) is 4.70. The van der Waals surface area contributed by atoms with E-state index < -0.39 is 0 Å². The van der Waals surface area contributed by atoms with Crippen molar-refractivity contribution in [1.82, 2.24) is 10.2 Å². The summed E-state index contributed by atoms with van der Waals surface area (Å²) in [6.45, 7) is 15.6. The van der Waals surface area contributed by atoms with Crippen molar-refractivity contribution in [3.63, 3.8) is 0 Å². The molecule has 1 N–H and O–H groups in total. The Morgan fingerprint density at radius 1 is 0.824 bits per heavy atom. The smallest absolute Gasteiger partial charge is 0.0119 e. The van der Waals surface area contributed by atoms with Crippen LogP contribution in [0, 0.1) is 5.92 Å². The van der Waals surface area contributed by atoms with Gasteiger partial charge in [0.25, 0.3) is 0 Å². The first kappa shape index (κ1) is 16.9. The molecule has 2 saturated heterocycles. The molecule has 2 fully saturated rings. The third kappa shape index (κ3) is 6.42. The molecule has 2 heterocycles. The average molecular weight is 242 g/mol. The SMILES string of the molecule is CC.CC.CC1CCN(C2CCNCC2)CC1. The number of hydrogen-bond acceptors (Lipinski definition) is 2. The van der Waals surface area contributed by atoms with Crippen LogP contribution in [0.25, 0.3) is 0 Å². The highest BCUT2D eigenvalue weighted by Crippen LogP contribution is 2.21. The van der Waals surface area contributed by atoms with Crippen LogP contribution in [0.2, 0.25) is 0 Å². The molecule has 2 rings (SSSR count). The first-order valence-electron chi connectivity index (χ1n) is 7.81. The monoisotopic (exact) mass is 242 g/mol. The third-order valence-electron chi connectivity index (χ3n) is 3.64. The first-order valence-corrected chi connectivity index (χ1v) is 7.81. The average Bonchev–Trinajstić information content (AvgIpc) is 2.45. The van der Waals surface area contributed by atoms with Crippen molar-refractivity contribution in [2.45, 2.75) is 66.3 Å². The Balaban J connectivity index is 0.000000581. The van der Waals surface area contributed by atoms with Crippen molar-refractivity contribution in [3.05, 3.63) is 0 Å². The maximum atomic E-state index is 3.44. The number of nitrogens with zero attached hydrogens (tertiary/aromatic N) is 1. The van der Waals surface area contributed by atoms with Gasteiger partial charge in [-0.1, -0.05) is 34.6 Å². The molecule has 0 aromatic heterocycles. The highest BCUT2D eigenvalue weighted by Gasteiger charge is 2.24. The predicted molar refractivity (Wildman–Crippen MR) is 78.6 cm³/mol. The fraction of sp³-hybridized carbons (Fsp3) is 1.00. The van der Waals surface area contributed by atoms with Gasteiger partial charge in [0, 0.05) is 6.04 Å². The maximum absolute atomic E-state index is 3.44. The first-order chi connectivity index (χ1) is 8.36. The molecule has 104 valence electrons. The van der Waals surface area contributed by atoms with Crippen LogP contribution in [0.15, 0.2) is 0 Å². The Kier molecular flexibility index (Phi) is 11.0. The van der Waals surface area contributed by atoms with Gasteiger partial charge in [-0.2, -0.15) is 0 Å². The van der Waals surface area contributed by atoms with E-state index in [1.807, 2.05) is 27.7 Å². The lowest BCUT2D eigenvalue weighted by atomic mass is 9.95. The Labute approximate surface area is 109 Å². The lowest BCUT2D eigenvalue weighted by molar-refractivity contribution is 0.115. The number of rotatable bonds is 1. The Morgan fingerprint density at radius 3 is 1.76 bits per heavy atom. The van der Waals surface area contributed by atoms with E-state index in [-0.39, 0.29) is 0 Å². The molecule has 0 amide bonds. The predicted octanol–water partition coefficient (Wildman–Crippen LogP) is 3.52. The summed E-state index contributed by atoms with van der Waals surface area (Å²) < 4.78 is 0. The van der Waals surface area contributed by atoms with Gasteiger partial charge in [0.15, 0.2) is 0 Å². The maximum Gasteiger partial charge on any atom is 0.0119 e. The minimum Gasteiger partial charge on any atom is -0.317 e. The van der Waals surface area contributed by atoms with Crippen LogP contribution < -0.4 is 5.32 Å². The van der Waals surface area contributed by atoms with Crippen molar-refractivity contribution in [2.24, 2.45) is 5.92 Å². The molecule has 0 aliphatic carbocycles. The van der Waals surface area contributed by atoms with Gasteiger partial charge in [-0.3, -0.25) is 0 Å². The lowest BCUT2D eigenvalue weighted by Gasteiger charge is -2.38. The molecule has 0 aromatic carbocycles. The molecule has 0 bridgehead atoms. The van der Waals surface area contributed by atoms with E-state index >= 15 is 0 Å². The number of hydrogen-bond donors (Lipinski definition) is 1. The van der Waals surface area contributed by atoms with Gasteiger partial charge in [-0.15, -0.1) is 0 Å². The van der Waals surface area contributed by atoms with Crippen LogP contribution in [0.3, 0.4) is 0 Å². The van der Waals surface area contributed by atoms with E-state index in [0.717, 1.165) is 12.0 Å². The summed E-state index contributed by atoms with van der Waals surface area (Å²) in [6.07, 6.45) is 5.58. The second-order valence-electron chi connectivity index (χ2n) is 4.70. The van der Waals surface area contributed by atoms with Gasteiger partial charge < -0.3 is 10.2 Å². The molecule has 0 aromatic rings. The van der Waals surface area contributed by atoms with E-state index in [9.17, 15) is 0 Å². The summed E-state index contributed by atoms with van der Waals surface area (Å²) in [4.78, 5) is 2.72. The quantitative estimate of drug-likeness (QED) is 0.757. The fourth-order valence-electron chi connectivity index (χ4n) is 2.57. The van der Waals surface area contributed by atoms with Gasteiger partial charge in [0.2, 0.25) is 0 Å². The zero-order chi connectivity index (χ0) is 13.1. The van der Waals surface area contributed by atoms with E-state index in [1.54, 1.807) is 0 Å². The highest BCUT2D eigenvalue weighted by molar-refractivity contribution is 4.80. The van der Waals surface area contributed by atoms with Crippen molar-refractivity contribution in [3.8, 4) is 0 Å². The largest absolute Gasteiger partial charge is 0.317 e. The second kappa shape index (κ2) is 11.0. The highest BCUT2D eigenvalue weighted by atomic mass is 15.2. The van der Waals surface area contributed by atoms with Crippen LogP contribution >= 0.6 is 0 Å². The topological polar surface area (TPSA) is 15.3 Å². The van der Waals surface area contributed by atoms with Gasteiger partial charge in [0.05, 0.1) is 0 Å². The molecule has 0 unspecified atom stereocenters. The van der Waals surface area contributed by atoms with Gasteiger partial charge >= 0.3 is 0 Å². The van der Waals surface area contributed by atoms with Crippen LogP contribution in [0.5, 0.6) is 0 Å². The van der Waals surface area contributed by atoms with Crippen LogP contribution in [0.1, 0.15) is 60.3 Å². The molecule has 0 radical (unpaired) electrons. The number of piperidine rings is 2. The molecule has 0 atom stereocenters. The zero-order valence-corrected chi connectivity index (χ0v) is 12.8. The summed E-state index contributed by atoms with van der Waals surface area (Å²) in [5.74, 6) is 0.970. The molecular weight excluding hydrogens is 208 g/mol. The summed E-state index contributed by atoms with van der Waals surface area (Å²) >= 11 is 0. The van der Waals surface area contributed by atoms with Crippen LogP contribution in [-0.2, 0) is 0 Å². The molecule has 0 spiro atoms. The third-order valence-corrected chi connectivity index (χ3v) is 3.64. The van der Waals surface area contributed by atoms with E-state index in [1.165, 1.54) is 51.9 Å². The van der Waals surface area contributed by atoms with E-state index in [4.69, 9.17) is 0 Å². The summed E-state index contributed by atoms with van der Waals surface area (Å²) in [7, 11) is 0. The molecule has 2 heteroatoms. The van der Waals surface area contributed by atoms with Crippen molar-refractivity contribution < 1.29 is 0 Å². The van der Waals surface area contributed by atoms with Crippen molar-refractivity contribution >= 4 is 0 Å². The van der Waals surface area contributed by atoms with E-state index in [2.05, 4.69) is 17.1 Å². The van der Waals surface area contributed by atoms with Gasteiger partial charge in [0.1, 0.15) is 0 Å². The number of nitrogens with one attached hydrogen (secondary N) is 1. The molecule has 17 heavy (non-hydrogen) atoms. The molecule has 2 nitrogen and oxygen atoms in total. The molecular formula is C15H34N2. The normalized spacial score (nSPS) is 23.1. The standard InChI is InChI=1S/C11H22N2.2C2H6/c1-10-4-8-13(9-5-10)11-2-6-12-7-3-11;2*1-2/h10-12H,2-9H2,1H3;2*1-2H3. The summed E-state index contributed by atoms with van der Waals surface area (Å²) in [6, 6.07) is 0.897. The van der Waals surface area contributed by atoms with E-state index in [0.29, 0.717) is 0 Å². The molecule has 2 aliphatic heterocycles. The van der Waals surface area contributed by atoms with Crippen LogP contribution in [0.4, 0.5) is 0 Å². The van der Waals surface area contributed by atoms with Gasteiger partial charge in [-0.05, 0) is 57.8 Å². The Bertz CT molecular complexity index is 145. The summed E-state index contributed by atoms with van der Waals surface area (Å²) in [5, 5.41) is 3.44. The van der Waals surface area contributed by atoms with Crippen molar-refractivity contribution in [2.75, 3.05) is 26.2 Å². The molecule has 2 aliphatic rings. The van der Waals surface area contributed by atoms with Crippen molar-refractivity contribution in [1.29, 1.82) is 0 Å².